The van der Waals surface area contributed by atoms with E-state index >= 15 is 0 Å². The second-order valence-corrected chi connectivity index (χ2v) is 4.27. The minimum atomic E-state index is 0.435. The highest BCUT2D eigenvalue weighted by Gasteiger charge is 2.18. The summed E-state index contributed by atoms with van der Waals surface area (Å²) in [4.78, 5) is 2.55. The van der Waals surface area contributed by atoms with E-state index in [1.807, 2.05) is 21.0 Å². The molecule has 0 radical (unpaired) electrons. The lowest BCUT2D eigenvalue weighted by atomic mass is 10.00. The number of rotatable bonds is 4. The Bertz CT molecular complexity index is 134. The Morgan fingerprint density at radius 2 is 2.07 bits per heavy atom. The molecule has 0 bridgehead atoms. The summed E-state index contributed by atoms with van der Waals surface area (Å²) in [5.74, 6) is 0.878. The van der Waals surface area contributed by atoms with Crippen molar-refractivity contribution in [2.45, 2.75) is 53.1 Å². The zero-order valence-corrected chi connectivity index (χ0v) is 11.3. The quantitative estimate of drug-likeness (QED) is 0.714. The average molecular weight is 215 g/mol. The molecule has 0 aromatic carbocycles. The Morgan fingerprint density at radius 3 is 2.53 bits per heavy atom. The molecular formula is C13H29NO. The molecule has 1 aliphatic heterocycles. The van der Waals surface area contributed by atoms with Crippen LogP contribution in [0.5, 0.6) is 0 Å². The third-order valence-corrected chi connectivity index (χ3v) is 2.99. The monoisotopic (exact) mass is 215 g/mol. The maximum atomic E-state index is 5.40. The molecule has 0 saturated carbocycles. The van der Waals surface area contributed by atoms with E-state index in [-0.39, 0.29) is 0 Å². The first-order chi connectivity index (χ1) is 7.26. The largest absolute Gasteiger partial charge is 0.380 e. The molecule has 1 fully saturated rings. The van der Waals surface area contributed by atoms with Crippen LogP contribution in [0.2, 0.25) is 0 Å². The van der Waals surface area contributed by atoms with Crippen molar-refractivity contribution in [3.63, 3.8) is 0 Å². The zero-order valence-electron chi connectivity index (χ0n) is 11.3. The molecule has 0 aliphatic carbocycles. The van der Waals surface area contributed by atoms with Gasteiger partial charge in [0.05, 0.1) is 6.10 Å². The Labute approximate surface area is 96.0 Å². The molecule has 1 saturated heterocycles. The molecule has 0 aromatic rings. The fraction of sp³-hybridized carbons (Fsp3) is 1.00. The third kappa shape index (κ3) is 6.16. The predicted octanol–water partition coefficient (Wildman–Crippen LogP) is 3.17. The molecule has 15 heavy (non-hydrogen) atoms. The molecule has 1 rings (SSSR count). The standard InChI is InChI=1S/C11H23NO.C2H6/c1-4-11(13-3)9-12-7-5-6-10(2)8-12;1-2/h10-11H,4-9H2,1-3H3;1-2H3. The molecule has 1 aliphatic rings. The summed E-state index contributed by atoms with van der Waals surface area (Å²) in [5, 5.41) is 0. The smallest absolute Gasteiger partial charge is 0.0695 e. The summed E-state index contributed by atoms with van der Waals surface area (Å²) in [7, 11) is 1.82. The minimum Gasteiger partial charge on any atom is -0.380 e. The van der Waals surface area contributed by atoms with E-state index in [0.717, 1.165) is 18.9 Å². The molecule has 0 amide bonds. The summed E-state index contributed by atoms with van der Waals surface area (Å²) in [6.45, 7) is 12.2. The maximum absolute atomic E-state index is 5.40. The Kier molecular flexibility index (Phi) is 9.12. The second kappa shape index (κ2) is 9.17. The predicted molar refractivity (Wildman–Crippen MR) is 67.3 cm³/mol. The van der Waals surface area contributed by atoms with Gasteiger partial charge in [0, 0.05) is 20.2 Å². The van der Waals surface area contributed by atoms with Crippen LogP contribution in [-0.2, 0) is 4.74 Å². The molecule has 1 heterocycles. The van der Waals surface area contributed by atoms with Crippen LogP contribution < -0.4 is 0 Å². The van der Waals surface area contributed by atoms with Crippen LogP contribution in [-0.4, -0.2) is 37.7 Å². The van der Waals surface area contributed by atoms with E-state index in [4.69, 9.17) is 4.74 Å². The Morgan fingerprint density at radius 1 is 1.40 bits per heavy atom. The van der Waals surface area contributed by atoms with Crippen LogP contribution >= 0.6 is 0 Å². The molecule has 2 heteroatoms. The van der Waals surface area contributed by atoms with Crippen molar-refractivity contribution < 1.29 is 4.74 Å². The fourth-order valence-electron chi connectivity index (χ4n) is 2.11. The Hall–Kier alpha value is -0.0800. The van der Waals surface area contributed by atoms with E-state index in [0.29, 0.717) is 6.10 Å². The summed E-state index contributed by atoms with van der Waals surface area (Å²) in [6, 6.07) is 0. The number of piperidine rings is 1. The molecule has 2 atom stereocenters. The van der Waals surface area contributed by atoms with E-state index in [9.17, 15) is 0 Å². The molecule has 0 spiro atoms. The van der Waals surface area contributed by atoms with Crippen LogP contribution in [0.1, 0.15) is 47.0 Å². The number of methoxy groups -OCH3 is 1. The van der Waals surface area contributed by atoms with Gasteiger partial charge in [-0.3, -0.25) is 0 Å². The van der Waals surface area contributed by atoms with Gasteiger partial charge >= 0.3 is 0 Å². The number of nitrogens with zero attached hydrogens (tertiary/aromatic N) is 1. The van der Waals surface area contributed by atoms with Crippen LogP contribution in [0.15, 0.2) is 0 Å². The van der Waals surface area contributed by atoms with Gasteiger partial charge in [0.25, 0.3) is 0 Å². The molecular weight excluding hydrogens is 186 g/mol. The van der Waals surface area contributed by atoms with Crippen molar-refractivity contribution >= 4 is 0 Å². The zero-order chi connectivity index (χ0) is 11.7. The first-order valence-electron chi connectivity index (χ1n) is 6.51. The van der Waals surface area contributed by atoms with Crippen LogP contribution in [0, 0.1) is 5.92 Å². The van der Waals surface area contributed by atoms with Crippen LogP contribution in [0.25, 0.3) is 0 Å². The van der Waals surface area contributed by atoms with Gasteiger partial charge in [-0.05, 0) is 31.7 Å². The van der Waals surface area contributed by atoms with Crippen molar-refractivity contribution in [1.29, 1.82) is 0 Å². The number of ether oxygens (including phenoxy) is 1. The van der Waals surface area contributed by atoms with Gasteiger partial charge in [0.1, 0.15) is 0 Å². The van der Waals surface area contributed by atoms with Gasteiger partial charge < -0.3 is 9.64 Å². The van der Waals surface area contributed by atoms with Crippen molar-refractivity contribution in [2.75, 3.05) is 26.7 Å². The first kappa shape index (κ1) is 14.9. The summed E-state index contributed by atoms with van der Waals surface area (Å²) in [5.41, 5.74) is 0. The molecule has 0 N–H and O–H groups in total. The highest BCUT2D eigenvalue weighted by molar-refractivity contribution is 4.72. The van der Waals surface area contributed by atoms with E-state index in [1.54, 1.807) is 0 Å². The van der Waals surface area contributed by atoms with Crippen LogP contribution in [0.4, 0.5) is 0 Å². The van der Waals surface area contributed by atoms with Crippen molar-refractivity contribution in [3.8, 4) is 0 Å². The van der Waals surface area contributed by atoms with Crippen molar-refractivity contribution in [3.05, 3.63) is 0 Å². The molecule has 2 nitrogen and oxygen atoms in total. The summed E-state index contributed by atoms with van der Waals surface area (Å²) in [6.07, 6.45) is 4.33. The number of hydrogen-bond donors (Lipinski definition) is 0. The lowest BCUT2D eigenvalue weighted by molar-refractivity contribution is 0.0477. The third-order valence-electron chi connectivity index (χ3n) is 2.99. The second-order valence-electron chi connectivity index (χ2n) is 4.27. The maximum Gasteiger partial charge on any atom is 0.0695 e. The molecule has 92 valence electrons. The van der Waals surface area contributed by atoms with Gasteiger partial charge in [0.15, 0.2) is 0 Å². The van der Waals surface area contributed by atoms with Gasteiger partial charge in [-0.2, -0.15) is 0 Å². The highest BCUT2D eigenvalue weighted by Crippen LogP contribution is 2.16. The summed E-state index contributed by atoms with van der Waals surface area (Å²) >= 11 is 0. The lowest BCUT2D eigenvalue weighted by Gasteiger charge is -2.32. The van der Waals surface area contributed by atoms with Crippen molar-refractivity contribution in [2.24, 2.45) is 5.92 Å². The molecule has 2 unspecified atom stereocenters. The van der Waals surface area contributed by atoms with Crippen molar-refractivity contribution in [1.82, 2.24) is 4.90 Å². The van der Waals surface area contributed by atoms with Gasteiger partial charge in [0.2, 0.25) is 0 Å². The van der Waals surface area contributed by atoms with E-state index in [1.165, 1.54) is 25.9 Å². The van der Waals surface area contributed by atoms with E-state index < -0.39 is 0 Å². The normalized spacial score (nSPS) is 24.2. The fourth-order valence-corrected chi connectivity index (χ4v) is 2.11. The number of hydrogen-bond acceptors (Lipinski definition) is 2. The van der Waals surface area contributed by atoms with Gasteiger partial charge in [-0.1, -0.05) is 27.7 Å². The first-order valence-corrected chi connectivity index (χ1v) is 6.51. The van der Waals surface area contributed by atoms with Crippen LogP contribution in [0.3, 0.4) is 0 Å². The minimum absolute atomic E-state index is 0.435. The molecule has 0 aromatic heterocycles. The highest BCUT2D eigenvalue weighted by atomic mass is 16.5. The SMILES string of the molecule is CC.CCC(CN1CCCC(C)C1)OC. The Balaban J connectivity index is 0.000000921. The average Bonchev–Trinajstić information content (AvgIpc) is 2.29. The van der Waals surface area contributed by atoms with E-state index in [2.05, 4.69) is 18.7 Å². The topological polar surface area (TPSA) is 12.5 Å². The lowest BCUT2D eigenvalue weighted by Crippen LogP contribution is -2.39. The summed E-state index contributed by atoms with van der Waals surface area (Å²) < 4.78 is 5.40. The number of likely N-dealkylation sites (tertiary alicyclic amines) is 1. The van der Waals surface area contributed by atoms with Gasteiger partial charge in [-0.15, -0.1) is 0 Å². The van der Waals surface area contributed by atoms with Gasteiger partial charge in [-0.25, -0.2) is 0 Å².